The number of hydrogen-bond donors (Lipinski definition) is 2. The van der Waals surface area contributed by atoms with E-state index in [0.29, 0.717) is 6.54 Å². The molecule has 0 aromatic carbocycles. The number of pyridine rings is 1. The smallest absolute Gasteiger partial charge is 0.410 e. The highest BCUT2D eigenvalue weighted by atomic mass is 127. The molecule has 0 aliphatic carbocycles. The largest absolute Gasteiger partial charge is 0.444 e. The lowest BCUT2D eigenvalue weighted by Gasteiger charge is -2.35. The lowest BCUT2D eigenvalue weighted by molar-refractivity contribution is 0.0145. The van der Waals surface area contributed by atoms with E-state index in [0.717, 1.165) is 63.9 Å². The first-order valence-electron chi connectivity index (χ1n) is 10.5. The number of nitrogens with one attached hydrogen (secondary N) is 2. The van der Waals surface area contributed by atoms with Gasteiger partial charge in [0.15, 0.2) is 5.96 Å². The van der Waals surface area contributed by atoms with Crippen molar-refractivity contribution in [2.24, 2.45) is 4.99 Å². The van der Waals surface area contributed by atoms with E-state index in [1.165, 1.54) is 0 Å². The molecular formula is C21H37IN6O2. The van der Waals surface area contributed by atoms with Crippen LogP contribution < -0.4 is 10.6 Å². The van der Waals surface area contributed by atoms with Gasteiger partial charge in [-0.25, -0.2) is 9.79 Å². The molecule has 0 spiro atoms. The van der Waals surface area contributed by atoms with Crippen molar-refractivity contribution in [3.8, 4) is 0 Å². The number of amides is 1. The van der Waals surface area contributed by atoms with Gasteiger partial charge < -0.3 is 20.3 Å². The minimum atomic E-state index is -0.442. The summed E-state index contributed by atoms with van der Waals surface area (Å²) < 4.78 is 5.45. The van der Waals surface area contributed by atoms with Gasteiger partial charge in [0.25, 0.3) is 0 Å². The third-order valence-electron chi connectivity index (χ3n) is 4.44. The fourth-order valence-electron chi connectivity index (χ4n) is 2.98. The van der Waals surface area contributed by atoms with Crippen molar-refractivity contribution in [3.05, 3.63) is 30.1 Å². The summed E-state index contributed by atoms with van der Waals surface area (Å²) in [5, 5.41) is 6.65. The molecule has 0 bridgehead atoms. The zero-order valence-corrected chi connectivity index (χ0v) is 21.0. The Hall–Kier alpha value is -1.62. The summed E-state index contributed by atoms with van der Waals surface area (Å²) in [5.74, 6) is 0.813. The molecule has 1 amide bonds. The molecule has 1 aliphatic heterocycles. The summed E-state index contributed by atoms with van der Waals surface area (Å²) in [6.45, 7) is 14.2. The van der Waals surface area contributed by atoms with Crippen LogP contribution >= 0.6 is 24.0 Å². The Balaban J connectivity index is 0.00000450. The average molecular weight is 532 g/mol. The molecule has 0 atom stereocenters. The van der Waals surface area contributed by atoms with Crippen molar-refractivity contribution in [3.63, 3.8) is 0 Å². The second-order valence-electron chi connectivity index (χ2n) is 8.11. The summed E-state index contributed by atoms with van der Waals surface area (Å²) >= 11 is 0. The Morgan fingerprint density at radius 1 is 1.20 bits per heavy atom. The average Bonchev–Trinajstić information content (AvgIpc) is 2.69. The number of aromatic nitrogens is 1. The second kappa shape index (κ2) is 13.6. The molecule has 2 N–H and O–H groups in total. The number of halogens is 1. The summed E-state index contributed by atoms with van der Waals surface area (Å²) in [4.78, 5) is 25.2. The zero-order valence-electron chi connectivity index (χ0n) is 18.7. The number of hydrogen-bond acceptors (Lipinski definition) is 5. The van der Waals surface area contributed by atoms with Crippen LogP contribution in [0.15, 0.2) is 29.4 Å². The highest BCUT2D eigenvalue weighted by Gasteiger charge is 2.25. The number of rotatable bonds is 7. The molecule has 2 rings (SSSR count). The van der Waals surface area contributed by atoms with Crippen LogP contribution in [-0.2, 0) is 11.3 Å². The molecule has 8 nitrogen and oxygen atoms in total. The van der Waals surface area contributed by atoms with Crippen LogP contribution in [-0.4, -0.2) is 78.3 Å². The molecule has 170 valence electrons. The van der Waals surface area contributed by atoms with Gasteiger partial charge in [-0.2, -0.15) is 0 Å². The van der Waals surface area contributed by atoms with E-state index in [1.54, 1.807) is 11.1 Å². The van der Waals surface area contributed by atoms with Gasteiger partial charge >= 0.3 is 6.09 Å². The summed E-state index contributed by atoms with van der Waals surface area (Å²) in [6, 6.07) is 5.86. The molecule has 9 heteroatoms. The van der Waals surface area contributed by atoms with Gasteiger partial charge in [-0.05, 0) is 52.8 Å². The van der Waals surface area contributed by atoms with Gasteiger partial charge in [-0.3, -0.25) is 9.88 Å². The molecule has 30 heavy (non-hydrogen) atoms. The standard InChI is InChI=1S/C21H36N6O2.HI/c1-5-22-19(25-17-18-9-6-7-10-23-18)24-11-8-12-26-13-15-27(16-14-26)20(28)29-21(2,3)4;/h6-7,9-10H,5,8,11-17H2,1-4H3,(H2,22,24,25);1H. The number of guanidine groups is 1. The lowest BCUT2D eigenvalue weighted by Crippen LogP contribution is -2.50. The predicted octanol–water partition coefficient (Wildman–Crippen LogP) is 2.70. The molecular weight excluding hydrogens is 495 g/mol. The minimum absolute atomic E-state index is 0. The predicted molar refractivity (Wildman–Crippen MR) is 131 cm³/mol. The Labute approximate surface area is 197 Å². The quantitative estimate of drug-likeness (QED) is 0.243. The van der Waals surface area contributed by atoms with Crippen molar-refractivity contribution in [1.29, 1.82) is 0 Å². The van der Waals surface area contributed by atoms with Gasteiger partial charge in [-0.1, -0.05) is 6.07 Å². The van der Waals surface area contributed by atoms with E-state index in [2.05, 4.69) is 32.4 Å². The van der Waals surface area contributed by atoms with Crippen LogP contribution in [0.5, 0.6) is 0 Å². The highest BCUT2D eigenvalue weighted by molar-refractivity contribution is 14.0. The normalized spacial score (nSPS) is 15.3. The topological polar surface area (TPSA) is 82.1 Å². The Bertz CT molecular complexity index is 643. The van der Waals surface area contributed by atoms with Crippen molar-refractivity contribution in [1.82, 2.24) is 25.4 Å². The van der Waals surface area contributed by atoms with E-state index < -0.39 is 5.60 Å². The van der Waals surface area contributed by atoms with Gasteiger partial charge in [0.2, 0.25) is 0 Å². The third kappa shape index (κ3) is 10.4. The number of nitrogens with zero attached hydrogens (tertiary/aromatic N) is 4. The lowest BCUT2D eigenvalue weighted by atomic mass is 10.2. The monoisotopic (exact) mass is 532 g/mol. The molecule has 1 aliphatic rings. The minimum Gasteiger partial charge on any atom is -0.444 e. The van der Waals surface area contributed by atoms with Gasteiger partial charge in [0.05, 0.1) is 12.2 Å². The summed E-state index contributed by atoms with van der Waals surface area (Å²) in [5.41, 5.74) is 0.509. The van der Waals surface area contributed by atoms with E-state index in [9.17, 15) is 4.79 Å². The van der Waals surface area contributed by atoms with Crippen LogP contribution in [0.3, 0.4) is 0 Å². The zero-order chi connectivity index (χ0) is 21.1. The van der Waals surface area contributed by atoms with Gasteiger partial charge in [0.1, 0.15) is 5.60 Å². The first-order chi connectivity index (χ1) is 13.9. The molecule has 1 aromatic rings. The van der Waals surface area contributed by atoms with E-state index in [1.807, 2.05) is 39.0 Å². The molecule has 0 radical (unpaired) electrons. The maximum Gasteiger partial charge on any atom is 0.410 e. The Morgan fingerprint density at radius 3 is 2.53 bits per heavy atom. The molecule has 0 saturated carbocycles. The Morgan fingerprint density at radius 2 is 1.93 bits per heavy atom. The van der Waals surface area contributed by atoms with Crippen LogP contribution in [0, 0.1) is 0 Å². The van der Waals surface area contributed by atoms with Crippen LogP contribution in [0.1, 0.15) is 39.8 Å². The van der Waals surface area contributed by atoms with Crippen molar-refractivity contribution in [2.75, 3.05) is 45.8 Å². The number of piperazine rings is 1. The molecule has 1 saturated heterocycles. The fraction of sp³-hybridized carbons (Fsp3) is 0.667. The van der Waals surface area contributed by atoms with Crippen LogP contribution in [0.4, 0.5) is 4.79 Å². The van der Waals surface area contributed by atoms with Crippen molar-refractivity contribution < 1.29 is 9.53 Å². The Kier molecular flexibility index (Phi) is 12.0. The van der Waals surface area contributed by atoms with E-state index >= 15 is 0 Å². The van der Waals surface area contributed by atoms with E-state index in [4.69, 9.17) is 4.74 Å². The number of aliphatic imine (C=N–C) groups is 1. The van der Waals surface area contributed by atoms with Gasteiger partial charge in [0, 0.05) is 45.5 Å². The SMILES string of the molecule is CCNC(=NCc1ccccn1)NCCCN1CCN(C(=O)OC(C)(C)C)CC1.I. The number of carbonyl (C=O) groups excluding carboxylic acids is 1. The summed E-state index contributed by atoms with van der Waals surface area (Å²) in [7, 11) is 0. The molecule has 1 fully saturated rings. The third-order valence-corrected chi connectivity index (χ3v) is 4.44. The molecule has 0 unspecified atom stereocenters. The van der Waals surface area contributed by atoms with Crippen LogP contribution in [0.25, 0.3) is 0 Å². The maximum absolute atomic E-state index is 12.1. The van der Waals surface area contributed by atoms with Gasteiger partial charge in [-0.15, -0.1) is 24.0 Å². The summed E-state index contributed by atoms with van der Waals surface area (Å²) in [6.07, 6.45) is 2.59. The second-order valence-corrected chi connectivity index (χ2v) is 8.11. The molecule has 1 aromatic heterocycles. The van der Waals surface area contributed by atoms with E-state index in [-0.39, 0.29) is 30.1 Å². The van der Waals surface area contributed by atoms with Crippen LogP contribution in [0.2, 0.25) is 0 Å². The fourth-order valence-corrected chi connectivity index (χ4v) is 2.98. The highest BCUT2D eigenvalue weighted by Crippen LogP contribution is 2.11. The maximum atomic E-state index is 12.1. The number of ether oxygens (including phenoxy) is 1. The molecule has 2 heterocycles. The first kappa shape index (κ1) is 26.4. The first-order valence-corrected chi connectivity index (χ1v) is 10.5. The number of carbonyl (C=O) groups is 1. The van der Waals surface area contributed by atoms with Crippen molar-refractivity contribution in [2.45, 2.75) is 46.3 Å². The van der Waals surface area contributed by atoms with Crippen molar-refractivity contribution >= 4 is 36.0 Å².